The van der Waals surface area contributed by atoms with Crippen LogP contribution in [0, 0.1) is 17.1 Å². The second-order valence-corrected chi connectivity index (χ2v) is 11.3. The summed E-state index contributed by atoms with van der Waals surface area (Å²) in [4.78, 5) is 13.2. The lowest BCUT2D eigenvalue weighted by molar-refractivity contribution is -0.145. The average Bonchev–Trinajstić information content (AvgIpc) is 3.39. The van der Waals surface area contributed by atoms with Gasteiger partial charge in [0.2, 0.25) is 0 Å². The van der Waals surface area contributed by atoms with Gasteiger partial charge in [-0.05, 0) is 37.8 Å². The molecule has 9 heteroatoms. The number of hydroxylamine groups is 2. The number of pyridine rings is 1. The number of hydrogen-bond donors (Lipinski definition) is 2. The quantitative estimate of drug-likeness (QED) is 0.447. The first-order valence-corrected chi connectivity index (χ1v) is 13.9. The maximum atomic E-state index is 16.5. The van der Waals surface area contributed by atoms with Crippen LogP contribution in [0.3, 0.4) is 0 Å². The minimum Gasteiger partial charge on any atom is -0.367 e. The number of nitrogens with zero attached hydrogens (tertiary/aromatic N) is 4. The lowest BCUT2D eigenvalue weighted by Crippen LogP contribution is -2.50. The topological polar surface area (TPSA) is 76.5 Å². The fraction of sp³-hybridized carbons (Fsp3) is 0.400. The van der Waals surface area contributed by atoms with Crippen molar-refractivity contribution in [3.05, 3.63) is 70.8 Å². The molecule has 2 saturated heterocycles. The minimum absolute atomic E-state index is 0.0425. The van der Waals surface area contributed by atoms with E-state index in [9.17, 15) is 5.26 Å². The van der Waals surface area contributed by atoms with Gasteiger partial charge in [0.05, 0.1) is 37.5 Å². The molecular weight excluding hydrogens is 515 g/mol. The highest BCUT2D eigenvalue weighted by molar-refractivity contribution is 6.36. The Bertz CT molecular complexity index is 1460. The second kappa shape index (κ2) is 10.7. The van der Waals surface area contributed by atoms with Gasteiger partial charge < -0.3 is 15.5 Å². The normalized spacial score (nSPS) is 23.0. The number of benzene rings is 2. The zero-order valence-electron chi connectivity index (χ0n) is 22.0. The van der Waals surface area contributed by atoms with Crippen LogP contribution in [0.5, 0.6) is 0 Å². The number of rotatable bonds is 6. The summed E-state index contributed by atoms with van der Waals surface area (Å²) in [5.74, 6) is -0.368. The van der Waals surface area contributed by atoms with E-state index in [1.165, 1.54) is 0 Å². The molecule has 0 saturated carbocycles. The smallest absolute Gasteiger partial charge is 0.155 e. The van der Waals surface area contributed by atoms with Crippen LogP contribution >= 0.6 is 11.6 Å². The van der Waals surface area contributed by atoms with E-state index in [2.05, 4.69) is 33.5 Å². The van der Waals surface area contributed by atoms with E-state index in [-0.39, 0.29) is 29.6 Å². The van der Waals surface area contributed by atoms with Gasteiger partial charge in [-0.1, -0.05) is 41.9 Å². The lowest BCUT2D eigenvalue weighted by Gasteiger charge is -2.39. The Balaban J connectivity index is 1.40. The summed E-state index contributed by atoms with van der Waals surface area (Å²) in [5, 5.41) is 20.2. The van der Waals surface area contributed by atoms with Crippen molar-refractivity contribution in [1.82, 2.24) is 25.6 Å². The molecule has 3 aliphatic heterocycles. The van der Waals surface area contributed by atoms with Crippen LogP contribution < -0.4 is 10.6 Å². The molecule has 6 rings (SSSR count). The predicted molar refractivity (Wildman–Crippen MR) is 151 cm³/mol. The van der Waals surface area contributed by atoms with E-state index in [0.717, 1.165) is 54.5 Å². The molecule has 3 aromatic rings. The van der Waals surface area contributed by atoms with Crippen molar-refractivity contribution in [3.63, 3.8) is 0 Å². The third kappa shape index (κ3) is 5.08. The molecule has 1 aromatic heterocycles. The summed E-state index contributed by atoms with van der Waals surface area (Å²) < 4.78 is 16.5. The number of piperazine rings is 1. The van der Waals surface area contributed by atoms with Gasteiger partial charge in [-0.3, -0.25) is 14.9 Å². The Morgan fingerprint density at radius 1 is 1.23 bits per heavy atom. The SMILES string of the molecule is CC1(CON2C=C(N3CCN[C@@H](CC#N)C3)c3cnc(-c4cccc5cccc(Cl)c45)c(F)c3C2)CCCN1. The zero-order chi connectivity index (χ0) is 27.0. The van der Waals surface area contributed by atoms with Gasteiger partial charge in [0.15, 0.2) is 5.82 Å². The van der Waals surface area contributed by atoms with Gasteiger partial charge in [0.1, 0.15) is 5.69 Å². The van der Waals surface area contributed by atoms with Crippen LogP contribution in [0.1, 0.15) is 37.3 Å². The van der Waals surface area contributed by atoms with Crippen molar-refractivity contribution in [2.75, 3.05) is 32.8 Å². The number of nitrogens with one attached hydrogen (secondary N) is 2. The predicted octanol–water partition coefficient (Wildman–Crippen LogP) is 5.07. The molecule has 3 aliphatic rings. The van der Waals surface area contributed by atoms with Crippen molar-refractivity contribution >= 4 is 28.1 Å². The maximum Gasteiger partial charge on any atom is 0.155 e. The van der Waals surface area contributed by atoms with Crippen molar-refractivity contribution in [3.8, 4) is 17.3 Å². The highest BCUT2D eigenvalue weighted by atomic mass is 35.5. The molecule has 2 N–H and O–H groups in total. The molecule has 2 atom stereocenters. The first kappa shape index (κ1) is 26.0. The third-order valence-corrected chi connectivity index (χ3v) is 8.34. The van der Waals surface area contributed by atoms with Crippen LogP contribution in [0.2, 0.25) is 5.02 Å². The number of fused-ring (bicyclic) bond motifs is 2. The summed E-state index contributed by atoms with van der Waals surface area (Å²) in [6, 6.07) is 13.7. The standard InChI is InChI=1S/C30H32ClFN6O/c1-30(10-4-12-36-30)19-39-38-17-24-23(26(18-38)37-14-13-34-21(16-37)9-11-33)15-35-29(28(24)32)22-7-2-5-20-6-3-8-25(31)27(20)22/h2-3,5-8,15,18,21,34,36H,4,9-10,12-14,16-17,19H2,1H3/t21-,30?/m0/s1. The molecule has 0 radical (unpaired) electrons. The van der Waals surface area contributed by atoms with Crippen LogP contribution in [0.15, 0.2) is 48.8 Å². The van der Waals surface area contributed by atoms with Crippen molar-refractivity contribution in [2.24, 2.45) is 0 Å². The van der Waals surface area contributed by atoms with Gasteiger partial charge in [-0.25, -0.2) is 4.39 Å². The summed E-state index contributed by atoms with van der Waals surface area (Å²) in [6.45, 7) is 6.02. The molecule has 0 amide bonds. The molecule has 202 valence electrons. The van der Waals surface area contributed by atoms with E-state index in [1.807, 2.05) is 42.6 Å². The van der Waals surface area contributed by atoms with E-state index in [4.69, 9.17) is 16.4 Å². The Labute approximate surface area is 233 Å². The maximum absolute atomic E-state index is 16.5. The van der Waals surface area contributed by atoms with Gasteiger partial charge >= 0.3 is 0 Å². The fourth-order valence-corrected chi connectivity index (χ4v) is 6.20. The molecular formula is C30H32ClFN6O. The minimum atomic E-state index is -0.368. The zero-order valence-corrected chi connectivity index (χ0v) is 22.8. The lowest BCUT2D eigenvalue weighted by atomic mass is 9.96. The van der Waals surface area contributed by atoms with Gasteiger partial charge in [-0.15, -0.1) is 0 Å². The van der Waals surface area contributed by atoms with Crippen LogP contribution in [-0.4, -0.2) is 59.3 Å². The van der Waals surface area contributed by atoms with E-state index in [1.54, 1.807) is 11.3 Å². The first-order valence-electron chi connectivity index (χ1n) is 13.5. The number of aromatic nitrogens is 1. The Kier molecular flexibility index (Phi) is 7.17. The number of halogens is 2. The van der Waals surface area contributed by atoms with Gasteiger partial charge in [-0.2, -0.15) is 5.26 Å². The molecule has 0 spiro atoms. The average molecular weight is 547 g/mol. The van der Waals surface area contributed by atoms with Crippen molar-refractivity contribution in [1.29, 1.82) is 5.26 Å². The Hall–Kier alpha value is -3.22. The first-order chi connectivity index (χ1) is 19.0. The summed E-state index contributed by atoms with van der Waals surface area (Å²) in [7, 11) is 0. The van der Waals surface area contributed by atoms with Gasteiger partial charge in [0.25, 0.3) is 0 Å². The van der Waals surface area contributed by atoms with E-state index >= 15 is 4.39 Å². The Morgan fingerprint density at radius 2 is 2.08 bits per heavy atom. The molecule has 0 aliphatic carbocycles. The summed E-state index contributed by atoms with van der Waals surface area (Å²) >= 11 is 6.58. The van der Waals surface area contributed by atoms with Gasteiger partial charge in [0, 0.05) is 64.5 Å². The van der Waals surface area contributed by atoms with E-state index in [0.29, 0.717) is 35.7 Å². The van der Waals surface area contributed by atoms with Crippen LogP contribution in [0.25, 0.3) is 27.7 Å². The van der Waals surface area contributed by atoms with Crippen molar-refractivity contribution < 1.29 is 9.23 Å². The molecule has 4 heterocycles. The Morgan fingerprint density at radius 3 is 2.87 bits per heavy atom. The molecule has 2 fully saturated rings. The molecule has 39 heavy (non-hydrogen) atoms. The van der Waals surface area contributed by atoms with E-state index < -0.39 is 0 Å². The monoisotopic (exact) mass is 546 g/mol. The van der Waals surface area contributed by atoms with Crippen LogP contribution in [-0.2, 0) is 11.4 Å². The summed E-state index contributed by atoms with van der Waals surface area (Å²) in [6.07, 6.45) is 6.29. The number of nitriles is 1. The molecule has 2 aromatic carbocycles. The number of hydrogen-bond acceptors (Lipinski definition) is 7. The second-order valence-electron chi connectivity index (χ2n) is 10.9. The molecule has 7 nitrogen and oxygen atoms in total. The highest BCUT2D eigenvalue weighted by Gasteiger charge is 2.33. The summed E-state index contributed by atoms with van der Waals surface area (Å²) in [5.41, 5.74) is 3.00. The largest absolute Gasteiger partial charge is 0.367 e. The molecule has 0 bridgehead atoms. The van der Waals surface area contributed by atoms with Crippen molar-refractivity contribution in [2.45, 2.75) is 44.3 Å². The fourth-order valence-electron chi connectivity index (χ4n) is 5.92. The molecule has 1 unspecified atom stereocenters. The third-order valence-electron chi connectivity index (χ3n) is 8.03. The highest BCUT2D eigenvalue weighted by Crippen LogP contribution is 2.38. The van der Waals surface area contributed by atoms with Crippen LogP contribution in [0.4, 0.5) is 4.39 Å².